The lowest BCUT2D eigenvalue weighted by Gasteiger charge is -2.44. The van der Waals surface area contributed by atoms with Crippen molar-refractivity contribution in [2.45, 2.75) is 44.6 Å². The maximum Gasteiger partial charge on any atom is 0.233 e. The van der Waals surface area contributed by atoms with Crippen LogP contribution >= 0.6 is 11.3 Å². The zero-order chi connectivity index (χ0) is 23.6. The molecule has 6 nitrogen and oxygen atoms in total. The highest BCUT2D eigenvalue weighted by atomic mass is 32.1. The molecule has 2 saturated heterocycles. The van der Waals surface area contributed by atoms with E-state index in [1.165, 1.54) is 16.2 Å². The van der Waals surface area contributed by atoms with E-state index in [1.54, 1.807) is 6.07 Å². The van der Waals surface area contributed by atoms with Gasteiger partial charge < -0.3 is 14.9 Å². The molecule has 3 aromatic rings. The Hall–Kier alpha value is -2.74. The summed E-state index contributed by atoms with van der Waals surface area (Å²) in [5, 5.41) is 25.7. The molecule has 2 aromatic carbocycles. The summed E-state index contributed by atoms with van der Waals surface area (Å²) in [6.07, 6.45) is 1.13. The summed E-state index contributed by atoms with van der Waals surface area (Å²) in [4.78, 5) is 29.3. The van der Waals surface area contributed by atoms with Gasteiger partial charge in [0.1, 0.15) is 5.75 Å². The Labute approximate surface area is 201 Å². The first kappa shape index (κ1) is 21.8. The number of likely N-dealkylation sites (tertiary alicyclic amines) is 1. The molecule has 1 aromatic heterocycles. The normalized spacial score (nSPS) is 32.9. The van der Waals surface area contributed by atoms with Crippen LogP contribution in [0.25, 0.3) is 10.8 Å². The topological polar surface area (TPSA) is 87.1 Å². The predicted octanol–water partition coefficient (Wildman–Crippen LogP) is 4.60. The van der Waals surface area contributed by atoms with Crippen LogP contribution in [0.4, 0.5) is 0 Å². The predicted molar refractivity (Wildman–Crippen MR) is 128 cm³/mol. The molecular formula is C27H27NO5S. The van der Waals surface area contributed by atoms with E-state index in [4.69, 9.17) is 4.74 Å². The van der Waals surface area contributed by atoms with Crippen LogP contribution in [-0.2, 0) is 20.9 Å². The number of phenolic OH excluding ortho intramolecular Hbond substituents is 1. The lowest BCUT2D eigenvalue weighted by Crippen LogP contribution is -2.53. The number of ether oxygens (including phenoxy) is 1. The van der Waals surface area contributed by atoms with Crippen LogP contribution in [0.15, 0.2) is 53.9 Å². The Bertz CT molecular complexity index is 1270. The Kier molecular flexibility index (Phi) is 5.06. The highest BCUT2D eigenvalue weighted by Crippen LogP contribution is 2.59. The van der Waals surface area contributed by atoms with E-state index in [9.17, 15) is 19.8 Å². The van der Waals surface area contributed by atoms with E-state index in [-0.39, 0.29) is 30.0 Å². The fraction of sp³-hybridized carbons (Fsp3) is 0.407. The van der Waals surface area contributed by atoms with Gasteiger partial charge in [0.05, 0.1) is 24.5 Å². The molecule has 2 amide bonds. The van der Waals surface area contributed by atoms with Crippen molar-refractivity contribution in [1.82, 2.24) is 4.90 Å². The molecule has 0 unspecified atom stereocenters. The molecule has 2 aliphatic heterocycles. The largest absolute Gasteiger partial charge is 0.507 e. The molecule has 0 spiro atoms. The van der Waals surface area contributed by atoms with Gasteiger partial charge in [0, 0.05) is 22.1 Å². The molecule has 0 bridgehead atoms. The summed E-state index contributed by atoms with van der Waals surface area (Å²) in [7, 11) is 0. The van der Waals surface area contributed by atoms with Crippen molar-refractivity contribution in [3.8, 4) is 5.75 Å². The number of imide groups is 1. The molecule has 6 rings (SSSR count). The number of fused-ring (bicyclic) bond motifs is 4. The van der Waals surface area contributed by atoms with Crippen LogP contribution in [0, 0.1) is 23.7 Å². The number of rotatable bonds is 4. The molecule has 34 heavy (non-hydrogen) atoms. The van der Waals surface area contributed by atoms with E-state index < -0.39 is 29.6 Å². The number of amides is 2. The van der Waals surface area contributed by atoms with Crippen LogP contribution < -0.4 is 0 Å². The molecule has 0 radical (unpaired) electrons. The monoisotopic (exact) mass is 477 g/mol. The zero-order valence-electron chi connectivity index (χ0n) is 18.9. The zero-order valence-corrected chi connectivity index (χ0v) is 19.7. The van der Waals surface area contributed by atoms with Crippen molar-refractivity contribution in [3.63, 3.8) is 0 Å². The Morgan fingerprint density at radius 3 is 2.59 bits per heavy atom. The van der Waals surface area contributed by atoms with Gasteiger partial charge in [0.25, 0.3) is 0 Å². The van der Waals surface area contributed by atoms with Crippen LogP contribution in [0.2, 0.25) is 0 Å². The van der Waals surface area contributed by atoms with E-state index >= 15 is 0 Å². The number of hydrogen-bond donors (Lipinski definition) is 2. The van der Waals surface area contributed by atoms with Gasteiger partial charge in [0.2, 0.25) is 11.8 Å². The number of phenols is 1. The minimum Gasteiger partial charge on any atom is -0.507 e. The van der Waals surface area contributed by atoms with Gasteiger partial charge in [-0.05, 0) is 47.7 Å². The molecule has 1 saturated carbocycles. The average molecular weight is 478 g/mol. The number of carbonyl (C=O) groups excluding carboxylic acids is 2. The Morgan fingerprint density at radius 1 is 1.06 bits per heavy atom. The van der Waals surface area contributed by atoms with E-state index in [2.05, 4.69) is 0 Å². The average Bonchev–Trinajstić information content (AvgIpc) is 3.53. The lowest BCUT2D eigenvalue weighted by atomic mass is 9.64. The molecule has 3 heterocycles. The van der Waals surface area contributed by atoms with Crippen molar-refractivity contribution in [3.05, 3.63) is 64.4 Å². The first-order chi connectivity index (χ1) is 16.4. The maximum absolute atomic E-state index is 13.6. The second kappa shape index (κ2) is 7.90. The first-order valence-corrected chi connectivity index (χ1v) is 12.8. The minimum atomic E-state index is -1.46. The highest BCUT2D eigenvalue weighted by Gasteiger charge is 2.66. The van der Waals surface area contributed by atoms with Crippen LogP contribution in [0.5, 0.6) is 5.75 Å². The number of thiophene rings is 1. The summed E-state index contributed by atoms with van der Waals surface area (Å²) in [6.45, 7) is 2.29. The second-order valence-electron chi connectivity index (χ2n) is 9.74. The van der Waals surface area contributed by atoms with Crippen LogP contribution in [-0.4, -0.2) is 32.7 Å². The highest BCUT2D eigenvalue weighted by molar-refractivity contribution is 7.09. The number of aliphatic hydroxyl groups is 1. The van der Waals surface area contributed by atoms with Crippen molar-refractivity contribution in [2.24, 2.45) is 23.7 Å². The maximum atomic E-state index is 13.6. The van der Waals surface area contributed by atoms with Gasteiger partial charge >= 0.3 is 0 Å². The standard InChI is InChI=1S/C27H27NO5S/c1-2-15-12-20-24(26(31)28(25(20)30)14-16-6-5-11-34-16)21-13-23(33-27(15,21)32)19-9-10-22(29)18-8-4-3-7-17(18)19/h3-11,15,20-21,23-24,29,32H,2,12-14H2,1H3/t15-,20-,21-,23-,24-,27+/m0/s1. The minimum absolute atomic E-state index is 0.123. The number of hydrogen-bond acceptors (Lipinski definition) is 6. The fourth-order valence-electron chi connectivity index (χ4n) is 6.51. The third-order valence-corrected chi connectivity index (χ3v) is 8.98. The molecule has 176 valence electrons. The van der Waals surface area contributed by atoms with E-state index in [1.807, 2.05) is 54.8 Å². The number of benzene rings is 2. The van der Waals surface area contributed by atoms with Gasteiger partial charge in [-0.15, -0.1) is 11.3 Å². The van der Waals surface area contributed by atoms with Crippen LogP contribution in [0.3, 0.4) is 0 Å². The van der Waals surface area contributed by atoms with Gasteiger partial charge in [-0.3, -0.25) is 14.5 Å². The van der Waals surface area contributed by atoms with Crippen LogP contribution in [0.1, 0.15) is 42.7 Å². The molecule has 6 atom stereocenters. The number of nitrogens with zero attached hydrogens (tertiary/aromatic N) is 1. The first-order valence-electron chi connectivity index (χ1n) is 11.9. The SMILES string of the molecule is CC[C@H]1C[C@@H]2C(=O)N(Cc3cccs3)C(=O)[C@@H]2[C@@H]2C[C@@H](c3ccc(O)c4ccccc34)O[C@]12O. The van der Waals surface area contributed by atoms with Gasteiger partial charge in [-0.1, -0.05) is 43.3 Å². The third-order valence-electron chi connectivity index (χ3n) is 8.12. The third kappa shape index (κ3) is 3.07. The van der Waals surface area contributed by atoms with Crippen molar-refractivity contribution in [2.75, 3.05) is 0 Å². The van der Waals surface area contributed by atoms with Crippen molar-refractivity contribution in [1.29, 1.82) is 0 Å². The quantitative estimate of drug-likeness (QED) is 0.536. The van der Waals surface area contributed by atoms with Gasteiger partial charge in [-0.25, -0.2) is 0 Å². The van der Waals surface area contributed by atoms with Gasteiger partial charge in [0.15, 0.2) is 5.79 Å². The Balaban J connectivity index is 1.38. The van der Waals surface area contributed by atoms with Gasteiger partial charge in [-0.2, -0.15) is 0 Å². The summed E-state index contributed by atoms with van der Waals surface area (Å²) in [5.74, 6) is -3.27. The smallest absolute Gasteiger partial charge is 0.233 e. The van der Waals surface area contributed by atoms with Crippen molar-refractivity contribution < 1.29 is 24.5 Å². The fourth-order valence-corrected chi connectivity index (χ4v) is 7.20. The molecular weight excluding hydrogens is 450 g/mol. The molecule has 3 fully saturated rings. The summed E-state index contributed by atoms with van der Waals surface area (Å²) in [5.41, 5.74) is 0.884. The molecule has 7 heteroatoms. The second-order valence-corrected chi connectivity index (χ2v) is 10.8. The lowest BCUT2D eigenvalue weighted by molar-refractivity contribution is -0.269. The summed E-state index contributed by atoms with van der Waals surface area (Å²) < 4.78 is 6.42. The summed E-state index contributed by atoms with van der Waals surface area (Å²) >= 11 is 1.53. The Morgan fingerprint density at radius 2 is 1.85 bits per heavy atom. The summed E-state index contributed by atoms with van der Waals surface area (Å²) in [6, 6.07) is 14.9. The molecule has 3 aliphatic rings. The molecule has 1 aliphatic carbocycles. The molecule has 2 N–H and O–H groups in total. The van der Waals surface area contributed by atoms with Crippen molar-refractivity contribution >= 4 is 33.9 Å². The number of carbonyl (C=O) groups is 2. The van der Waals surface area contributed by atoms with E-state index in [0.717, 1.165) is 21.2 Å². The number of aromatic hydroxyl groups is 1. The van der Waals surface area contributed by atoms with E-state index in [0.29, 0.717) is 19.3 Å².